The Morgan fingerprint density at radius 3 is 2.50 bits per heavy atom. The fourth-order valence-corrected chi connectivity index (χ4v) is 4.05. The number of fused-ring (bicyclic) bond motifs is 1. The highest BCUT2D eigenvalue weighted by Crippen LogP contribution is 2.36. The van der Waals surface area contributed by atoms with E-state index in [1.165, 1.54) is 11.3 Å². The maximum atomic E-state index is 12.9. The van der Waals surface area contributed by atoms with Gasteiger partial charge in [-0.1, -0.05) is 42.5 Å². The average molecular weight is 417 g/mol. The molecule has 1 amide bonds. The van der Waals surface area contributed by atoms with Crippen LogP contribution in [0, 0.1) is 6.92 Å². The molecule has 6 nitrogen and oxygen atoms in total. The SMILES string of the molecule is COc1ccc(NC(=O)c2sc3nnc(C)c(/C=C\c4ccccc4)c3c2N)cc1. The topological polar surface area (TPSA) is 90.1 Å². The lowest BCUT2D eigenvalue weighted by molar-refractivity contribution is 0.103. The van der Waals surface area contributed by atoms with Crippen LogP contribution in [-0.4, -0.2) is 23.2 Å². The summed E-state index contributed by atoms with van der Waals surface area (Å²) in [5.41, 5.74) is 10.1. The monoisotopic (exact) mass is 416 g/mol. The molecule has 7 heteroatoms. The van der Waals surface area contributed by atoms with Crippen LogP contribution in [0.5, 0.6) is 5.75 Å². The number of hydrogen-bond donors (Lipinski definition) is 2. The summed E-state index contributed by atoms with van der Waals surface area (Å²) >= 11 is 1.23. The van der Waals surface area contributed by atoms with Gasteiger partial charge in [-0.3, -0.25) is 4.79 Å². The van der Waals surface area contributed by atoms with E-state index in [9.17, 15) is 4.79 Å². The zero-order valence-corrected chi connectivity index (χ0v) is 17.4. The van der Waals surface area contributed by atoms with Gasteiger partial charge in [-0.25, -0.2) is 0 Å². The van der Waals surface area contributed by atoms with Gasteiger partial charge in [0.1, 0.15) is 15.5 Å². The number of rotatable bonds is 5. The predicted molar refractivity (Wildman–Crippen MR) is 123 cm³/mol. The van der Waals surface area contributed by atoms with Crippen molar-refractivity contribution in [1.29, 1.82) is 0 Å². The summed E-state index contributed by atoms with van der Waals surface area (Å²) in [5, 5.41) is 12.1. The van der Waals surface area contributed by atoms with Gasteiger partial charge in [-0.05, 0) is 36.8 Å². The molecular weight excluding hydrogens is 396 g/mol. The van der Waals surface area contributed by atoms with Gasteiger partial charge < -0.3 is 15.8 Å². The number of methoxy groups -OCH3 is 1. The largest absolute Gasteiger partial charge is 0.497 e. The van der Waals surface area contributed by atoms with E-state index >= 15 is 0 Å². The van der Waals surface area contributed by atoms with Crippen molar-refractivity contribution in [2.75, 3.05) is 18.2 Å². The summed E-state index contributed by atoms with van der Waals surface area (Å²) in [6.07, 6.45) is 3.97. The second-order valence-corrected chi connectivity index (χ2v) is 7.65. The van der Waals surface area contributed by atoms with E-state index in [0.29, 0.717) is 21.1 Å². The van der Waals surface area contributed by atoms with Crippen LogP contribution in [0.2, 0.25) is 0 Å². The van der Waals surface area contributed by atoms with E-state index in [0.717, 1.165) is 28.0 Å². The van der Waals surface area contributed by atoms with Gasteiger partial charge in [0.15, 0.2) is 0 Å². The lowest BCUT2D eigenvalue weighted by atomic mass is 10.1. The van der Waals surface area contributed by atoms with E-state index in [1.807, 2.05) is 49.4 Å². The maximum absolute atomic E-state index is 12.9. The third-order valence-corrected chi connectivity index (χ3v) is 5.76. The number of amides is 1. The van der Waals surface area contributed by atoms with Crippen molar-refractivity contribution >= 4 is 51.0 Å². The highest BCUT2D eigenvalue weighted by Gasteiger charge is 2.20. The summed E-state index contributed by atoms with van der Waals surface area (Å²) in [7, 11) is 1.60. The van der Waals surface area contributed by atoms with Crippen LogP contribution in [-0.2, 0) is 0 Å². The molecule has 2 aromatic carbocycles. The molecule has 3 N–H and O–H groups in total. The van der Waals surface area contributed by atoms with Crippen LogP contribution in [0.1, 0.15) is 26.5 Å². The first-order valence-electron chi connectivity index (χ1n) is 9.30. The van der Waals surface area contributed by atoms with Crippen LogP contribution >= 0.6 is 11.3 Å². The highest BCUT2D eigenvalue weighted by atomic mass is 32.1. The number of carbonyl (C=O) groups excluding carboxylic acids is 1. The molecule has 2 aromatic heterocycles. The van der Waals surface area contributed by atoms with E-state index in [4.69, 9.17) is 10.5 Å². The molecule has 0 saturated carbocycles. The van der Waals surface area contributed by atoms with Crippen LogP contribution in [0.4, 0.5) is 11.4 Å². The predicted octanol–water partition coefficient (Wildman–Crippen LogP) is 5.01. The van der Waals surface area contributed by atoms with Crippen LogP contribution in [0.25, 0.3) is 22.4 Å². The number of carbonyl (C=O) groups is 1. The minimum Gasteiger partial charge on any atom is -0.497 e. The Balaban J connectivity index is 1.69. The number of ether oxygens (including phenoxy) is 1. The number of aryl methyl sites for hydroxylation is 1. The average Bonchev–Trinajstić information content (AvgIpc) is 3.11. The number of nitrogens with two attached hydrogens (primary N) is 1. The molecule has 2 heterocycles. The molecule has 0 spiro atoms. The molecule has 0 unspecified atom stereocenters. The minimum absolute atomic E-state index is 0.281. The van der Waals surface area contributed by atoms with E-state index < -0.39 is 0 Å². The second-order valence-electron chi connectivity index (χ2n) is 6.65. The zero-order chi connectivity index (χ0) is 21.1. The summed E-state index contributed by atoms with van der Waals surface area (Å²) in [6.45, 7) is 1.88. The molecule has 150 valence electrons. The summed E-state index contributed by atoms with van der Waals surface area (Å²) < 4.78 is 5.14. The third kappa shape index (κ3) is 3.88. The number of nitrogens with zero attached hydrogens (tertiary/aromatic N) is 2. The van der Waals surface area contributed by atoms with Crippen LogP contribution in [0.3, 0.4) is 0 Å². The molecule has 4 aromatic rings. The standard InChI is InChI=1S/C23H20N4O2S/c1-14-18(13-8-15-6-4-3-5-7-15)19-20(24)21(30-23(19)27-26-14)22(28)25-16-9-11-17(29-2)12-10-16/h3-13H,24H2,1-2H3,(H,25,28)/b13-8-. The summed E-state index contributed by atoms with van der Waals surface area (Å²) in [4.78, 5) is 13.9. The third-order valence-electron chi connectivity index (χ3n) is 4.67. The van der Waals surface area contributed by atoms with Gasteiger partial charge in [0, 0.05) is 16.6 Å². The Bertz CT molecular complexity index is 1230. The lowest BCUT2D eigenvalue weighted by Crippen LogP contribution is -2.11. The lowest BCUT2D eigenvalue weighted by Gasteiger charge is -2.06. The number of hydrogen-bond acceptors (Lipinski definition) is 6. The van der Waals surface area contributed by atoms with Gasteiger partial charge >= 0.3 is 0 Å². The number of anilines is 2. The Kier molecular flexibility index (Phi) is 5.45. The van der Waals surface area contributed by atoms with Crippen molar-refractivity contribution in [3.8, 4) is 5.75 Å². The number of nitrogens with one attached hydrogen (secondary N) is 1. The second kappa shape index (κ2) is 8.34. The molecule has 0 saturated heterocycles. The number of thiophene rings is 1. The van der Waals surface area contributed by atoms with Gasteiger partial charge in [0.2, 0.25) is 0 Å². The Morgan fingerprint density at radius 2 is 1.80 bits per heavy atom. The van der Waals surface area contributed by atoms with Gasteiger partial charge in [0.25, 0.3) is 5.91 Å². The molecule has 0 atom stereocenters. The molecule has 0 aliphatic heterocycles. The van der Waals surface area contributed by atoms with Gasteiger partial charge in [-0.15, -0.1) is 16.4 Å². The highest BCUT2D eigenvalue weighted by molar-refractivity contribution is 7.21. The molecule has 0 radical (unpaired) electrons. The molecule has 0 fully saturated rings. The normalized spacial score (nSPS) is 11.1. The van der Waals surface area contributed by atoms with Crippen molar-refractivity contribution in [3.63, 3.8) is 0 Å². The van der Waals surface area contributed by atoms with E-state index in [2.05, 4.69) is 15.5 Å². The Morgan fingerprint density at radius 1 is 1.07 bits per heavy atom. The Labute approximate surface area is 178 Å². The minimum atomic E-state index is -0.281. The van der Waals surface area contributed by atoms with E-state index in [-0.39, 0.29) is 5.91 Å². The quantitative estimate of drug-likeness (QED) is 0.477. The van der Waals surface area contributed by atoms with Crippen molar-refractivity contribution in [3.05, 3.63) is 76.3 Å². The van der Waals surface area contributed by atoms with Crippen LogP contribution < -0.4 is 15.8 Å². The Hall–Kier alpha value is -3.71. The number of nitrogen functional groups attached to an aromatic ring is 1. The summed E-state index contributed by atoms with van der Waals surface area (Å²) in [6, 6.07) is 17.1. The molecule has 30 heavy (non-hydrogen) atoms. The fourth-order valence-electron chi connectivity index (χ4n) is 3.10. The molecule has 4 rings (SSSR count). The maximum Gasteiger partial charge on any atom is 0.267 e. The first-order valence-corrected chi connectivity index (χ1v) is 10.1. The van der Waals surface area contributed by atoms with Crippen molar-refractivity contribution in [2.45, 2.75) is 6.92 Å². The summed E-state index contributed by atoms with van der Waals surface area (Å²) in [5.74, 6) is 0.436. The number of benzene rings is 2. The molecular formula is C23H20N4O2S. The fraction of sp³-hybridized carbons (Fsp3) is 0.0870. The van der Waals surface area contributed by atoms with Gasteiger partial charge in [0.05, 0.1) is 18.5 Å². The number of aromatic nitrogens is 2. The molecule has 0 aliphatic carbocycles. The smallest absolute Gasteiger partial charge is 0.267 e. The zero-order valence-electron chi connectivity index (χ0n) is 16.5. The van der Waals surface area contributed by atoms with Crippen molar-refractivity contribution in [2.24, 2.45) is 0 Å². The first-order chi connectivity index (χ1) is 14.6. The van der Waals surface area contributed by atoms with Gasteiger partial charge in [-0.2, -0.15) is 5.10 Å². The van der Waals surface area contributed by atoms with Crippen LogP contribution in [0.15, 0.2) is 54.6 Å². The van der Waals surface area contributed by atoms with E-state index in [1.54, 1.807) is 31.4 Å². The molecule has 0 aliphatic rings. The first kappa shape index (κ1) is 19.6. The molecule has 0 bridgehead atoms. The van der Waals surface area contributed by atoms with Crippen molar-refractivity contribution < 1.29 is 9.53 Å². The van der Waals surface area contributed by atoms with Crippen molar-refractivity contribution in [1.82, 2.24) is 10.2 Å².